The number of benzene rings is 1. The fraction of sp³-hybridized carbons (Fsp3) is 0.385. The summed E-state index contributed by atoms with van der Waals surface area (Å²) in [5, 5.41) is 3.06. The number of hydrogen-bond donors (Lipinski definition) is 1. The van der Waals surface area contributed by atoms with Gasteiger partial charge in [-0.15, -0.1) is 0 Å². The monoisotopic (exact) mass is 230 g/mol. The van der Waals surface area contributed by atoms with Crippen molar-refractivity contribution in [2.75, 3.05) is 6.61 Å². The molecule has 1 aliphatic rings. The summed E-state index contributed by atoms with van der Waals surface area (Å²) in [6.07, 6.45) is 3.46. The van der Waals surface area contributed by atoms with Crippen LogP contribution in [0.4, 0.5) is 0 Å². The third kappa shape index (κ3) is 1.85. The van der Waals surface area contributed by atoms with Crippen molar-refractivity contribution in [3.05, 3.63) is 47.5 Å². The molecular formula is C13H16N3O+. The highest BCUT2D eigenvalue weighted by atomic mass is 16.6. The maximum atomic E-state index is 5.71. The summed E-state index contributed by atoms with van der Waals surface area (Å²) in [6, 6.07) is 6.52. The van der Waals surface area contributed by atoms with Gasteiger partial charge in [0.15, 0.2) is 5.60 Å². The molecule has 1 atom stereocenters. The first-order valence-electron chi connectivity index (χ1n) is 5.79. The zero-order chi connectivity index (χ0) is 11.9. The second kappa shape index (κ2) is 3.67. The van der Waals surface area contributed by atoms with E-state index in [-0.39, 0.29) is 5.60 Å². The lowest BCUT2D eigenvalue weighted by molar-refractivity contribution is -0.757. The van der Waals surface area contributed by atoms with E-state index < -0.39 is 0 Å². The minimum Gasteiger partial charge on any atom is -0.360 e. The zero-order valence-corrected chi connectivity index (χ0v) is 10.1. The lowest BCUT2D eigenvalue weighted by atomic mass is 9.94. The van der Waals surface area contributed by atoms with Gasteiger partial charge >= 0.3 is 6.33 Å². The van der Waals surface area contributed by atoms with Crippen LogP contribution in [0.15, 0.2) is 30.9 Å². The fourth-order valence-electron chi connectivity index (χ4n) is 2.36. The summed E-state index contributed by atoms with van der Waals surface area (Å²) in [5.41, 5.74) is 3.71. The molecule has 88 valence electrons. The molecule has 0 radical (unpaired) electrons. The molecule has 1 aliphatic heterocycles. The quantitative estimate of drug-likeness (QED) is 0.637. The fourth-order valence-corrected chi connectivity index (χ4v) is 2.36. The molecule has 1 aromatic carbocycles. The number of nitrogens with zero attached hydrogens (tertiary/aromatic N) is 2. The highest BCUT2D eigenvalue weighted by Gasteiger charge is 2.49. The number of hydrogen-bond acceptors (Lipinski definition) is 2. The van der Waals surface area contributed by atoms with Crippen LogP contribution in [-0.2, 0) is 16.9 Å². The Hall–Kier alpha value is -1.68. The SMILES string of the molecule is Cc1ccc(C2(C[n+]3cnc[nH]3)CO2)c(C)c1. The molecule has 4 heteroatoms. The van der Waals surface area contributed by atoms with Gasteiger partial charge in [0.25, 0.3) is 0 Å². The van der Waals surface area contributed by atoms with Crippen LogP contribution in [0.1, 0.15) is 16.7 Å². The van der Waals surface area contributed by atoms with E-state index in [0.717, 1.165) is 13.2 Å². The van der Waals surface area contributed by atoms with Gasteiger partial charge in [0.2, 0.25) is 6.33 Å². The minimum absolute atomic E-state index is 0.158. The van der Waals surface area contributed by atoms with Crippen LogP contribution in [0.5, 0.6) is 0 Å². The normalized spacial score (nSPS) is 22.7. The van der Waals surface area contributed by atoms with E-state index in [2.05, 4.69) is 42.1 Å². The van der Waals surface area contributed by atoms with Crippen molar-refractivity contribution >= 4 is 0 Å². The van der Waals surface area contributed by atoms with Crippen molar-refractivity contribution in [2.45, 2.75) is 26.0 Å². The van der Waals surface area contributed by atoms with Gasteiger partial charge in [-0.3, -0.25) is 0 Å². The number of aromatic nitrogens is 3. The van der Waals surface area contributed by atoms with Gasteiger partial charge in [-0.1, -0.05) is 23.8 Å². The number of ether oxygens (including phenoxy) is 1. The van der Waals surface area contributed by atoms with E-state index in [1.807, 2.05) is 4.68 Å². The Balaban J connectivity index is 1.92. The number of aromatic amines is 1. The molecule has 4 nitrogen and oxygen atoms in total. The highest BCUT2D eigenvalue weighted by molar-refractivity contribution is 5.36. The van der Waals surface area contributed by atoms with Crippen molar-refractivity contribution in [2.24, 2.45) is 0 Å². The maximum absolute atomic E-state index is 5.71. The van der Waals surface area contributed by atoms with Crippen LogP contribution in [0, 0.1) is 13.8 Å². The van der Waals surface area contributed by atoms with Gasteiger partial charge in [-0.05, 0) is 30.0 Å². The third-order valence-electron chi connectivity index (χ3n) is 3.30. The van der Waals surface area contributed by atoms with Gasteiger partial charge in [-0.2, -0.15) is 9.78 Å². The molecule has 2 heterocycles. The Bertz CT molecular complexity index is 530. The smallest absolute Gasteiger partial charge is 0.306 e. The maximum Gasteiger partial charge on any atom is 0.306 e. The summed E-state index contributed by atoms with van der Waals surface area (Å²) in [7, 11) is 0. The van der Waals surface area contributed by atoms with Crippen LogP contribution >= 0.6 is 0 Å². The molecule has 1 aromatic heterocycles. The summed E-state index contributed by atoms with van der Waals surface area (Å²) in [4.78, 5) is 4.02. The standard InChI is InChI=1S/C13H15N3O/c1-10-3-4-12(11(2)5-10)13(7-17-13)6-16-9-14-8-15-16/h3-5,8-9H,6-7H2,1-2H3/p+1. The summed E-state index contributed by atoms with van der Waals surface area (Å²) < 4.78 is 7.66. The van der Waals surface area contributed by atoms with Gasteiger partial charge in [0.05, 0.1) is 6.61 Å². The lowest BCUT2D eigenvalue weighted by Gasteiger charge is -2.13. The first kappa shape index (κ1) is 10.5. The molecule has 2 aromatic rings. The Kier molecular flexibility index (Phi) is 2.26. The highest BCUT2D eigenvalue weighted by Crippen LogP contribution is 2.40. The first-order valence-corrected chi connectivity index (χ1v) is 5.79. The van der Waals surface area contributed by atoms with Gasteiger partial charge in [0.1, 0.15) is 6.54 Å². The number of H-pyrrole nitrogens is 1. The number of aryl methyl sites for hydroxylation is 2. The van der Waals surface area contributed by atoms with E-state index >= 15 is 0 Å². The largest absolute Gasteiger partial charge is 0.360 e. The average molecular weight is 230 g/mol. The lowest BCUT2D eigenvalue weighted by Crippen LogP contribution is -2.41. The van der Waals surface area contributed by atoms with E-state index in [1.54, 1.807) is 12.7 Å². The van der Waals surface area contributed by atoms with Crippen LogP contribution in [0.2, 0.25) is 0 Å². The van der Waals surface area contributed by atoms with Crippen molar-refractivity contribution < 1.29 is 9.42 Å². The van der Waals surface area contributed by atoms with E-state index in [9.17, 15) is 0 Å². The first-order chi connectivity index (χ1) is 8.20. The van der Waals surface area contributed by atoms with E-state index in [1.165, 1.54) is 16.7 Å². The third-order valence-corrected chi connectivity index (χ3v) is 3.30. The molecular weight excluding hydrogens is 214 g/mol. The molecule has 0 saturated carbocycles. The average Bonchev–Trinajstić information content (AvgIpc) is 2.86. The Morgan fingerprint density at radius 1 is 1.47 bits per heavy atom. The number of nitrogens with one attached hydrogen (secondary N) is 1. The predicted molar refractivity (Wildman–Crippen MR) is 62.3 cm³/mol. The van der Waals surface area contributed by atoms with Gasteiger partial charge in [0, 0.05) is 0 Å². The molecule has 0 aliphatic carbocycles. The van der Waals surface area contributed by atoms with E-state index in [0.29, 0.717) is 0 Å². The van der Waals surface area contributed by atoms with Gasteiger partial charge < -0.3 is 4.74 Å². The molecule has 1 saturated heterocycles. The van der Waals surface area contributed by atoms with Crippen molar-refractivity contribution in [3.63, 3.8) is 0 Å². The van der Waals surface area contributed by atoms with Crippen LogP contribution in [0.3, 0.4) is 0 Å². The number of epoxide rings is 1. The molecule has 0 spiro atoms. The van der Waals surface area contributed by atoms with E-state index in [4.69, 9.17) is 4.74 Å². The minimum atomic E-state index is -0.158. The second-order valence-corrected chi connectivity index (χ2v) is 4.75. The number of rotatable bonds is 3. The molecule has 1 fully saturated rings. The Labute approximate surface area is 100 Å². The van der Waals surface area contributed by atoms with Crippen molar-refractivity contribution in [1.29, 1.82) is 0 Å². The van der Waals surface area contributed by atoms with Crippen LogP contribution in [-0.4, -0.2) is 16.7 Å². The topological polar surface area (TPSA) is 45.1 Å². The molecule has 0 amide bonds. The summed E-state index contributed by atoms with van der Waals surface area (Å²) >= 11 is 0. The summed E-state index contributed by atoms with van der Waals surface area (Å²) in [6.45, 7) is 5.82. The molecule has 3 rings (SSSR count). The molecule has 0 bridgehead atoms. The second-order valence-electron chi connectivity index (χ2n) is 4.75. The Morgan fingerprint density at radius 3 is 2.88 bits per heavy atom. The van der Waals surface area contributed by atoms with Crippen LogP contribution < -0.4 is 4.68 Å². The van der Waals surface area contributed by atoms with Gasteiger partial charge in [-0.25, -0.2) is 0 Å². The van der Waals surface area contributed by atoms with Crippen molar-refractivity contribution in [1.82, 2.24) is 10.1 Å². The summed E-state index contributed by atoms with van der Waals surface area (Å²) in [5.74, 6) is 0. The van der Waals surface area contributed by atoms with Crippen molar-refractivity contribution in [3.8, 4) is 0 Å². The Morgan fingerprint density at radius 2 is 2.29 bits per heavy atom. The predicted octanol–water partition coefficient (Wildman–Crippen LogP) is 1.24. The van der Waals surface area contributed by atoms with Crippen LogP contribution in [0.25, 0.3) is 0 Å². The molecule has 17 heavy (non-hydrogen) atoms. The molecule has 1 N–H and O–H groups in total. The molecule has 1 unspecified atom stereocenters. The zero-order valence-electron chi connectivity index (χ0n) is 10.1.